The molecule has 3 amide bonds. The van der Waals surface area contributed by atoms with E-state index < -0.39 is 47.8 Å². The maximum atomic E-state index is 13.4. The maximum absolute atomic E-state index is 13.4. The predicted octanol–water partition coefficient (Wildman–Crippen LogP) is 1.44. The van der Waals surface area contributed by atoms with Gasteiger partial charge in [-0.1, -0.05) is 30.3 Å². The highest BCUT2D eigenvalue weighted by atomic mass is 16.6. The molecule has 2 atom stereocenters. The quantitative estimate of drug-likeness (QED) is 0.281. The summed E-state index contributed by atoms with van der Waals surface area (Å²) in [6.45, 7) is 2.97. The molecular formula is C24H22N2O8. The average molecular weight is 466 g/mol. The fraction of sp³-hybridized carbons (Fsp3) is 0.292. The van der Waals surface area contributed by atoms with Crippen LogP contribution in [0.25, 0.3) is 0 Å². The summed E-state index contributed by atoms with van der Waals surface area (Å²) in [5.41, 5.74) is 0.437. The van der Waals surface area contributed by atoms with E-state index in [2.05, 4.69) is 0 Å². The Balaban J connectivity index is 1.80. The molecule has 1 fully saturated rings. The van der Waals surface area contributed by atoms with Crippen molar-refractivity contribution in [2.45, 2.75) is 32.0 Å². The van der Waals surface area contributed by atoms with Gasteiger partial charge in [0, 0.05) is 5.56 Å². The first-order chi connectivity index (χ1) is 16.3. The van der Waals surface area contributed by atoms with Gasteiger partial charge in [-0.2, -0.15) is 0 Å². The molecule has 2 aromatic carbocycles. The smallest absolute Gasteiger partial charge is 0.340 e. The zero-order valence-corrected chi connectivity index (χ0v) is 18.5. The van der Waals surface area contributed by atoms with Gasteiger partial charge in [-0.25, -0.2) is 9.59 Å². The molecule has 0 saturated carbocycles. The number of likely N-dealkylation sites (tertiary alicyclic amines) is 1. The lowest BCUT2D eigenvalue weighted by atomic mass is 9.84. The Labute approximate surface area is 194 Å². The molecule has 1 saturated heterocycles. The first kappa shape index (κ1) is 23.0. The van der Waals surface area contributed by atoms with Crippen molar-refractivity contribution in [1.29, 1.82) is 0 Å². The number of esters is 2. The van der Waals surface area contributed by atoms with Crippen molar-refractivity contribution in [3.8, 4) is 5.75 Å². The average Bonchev–Trinajstić information content (AvgIpc) is 3.06. The fourth-order valence-electron chi connectivity index (χ4n) is 4.32. The van der Waals surface area contributed by atoms with E-state index in [4.69, 9.17) is 9.47 Å². The minimum Gasteiger partial charge on any atom is -0.508 e. The van der Waals surface area contributed by atoms with Gasteiger partial charge in [0.2, 0.25) is 11.9 Å². The topological polar surface area (TPSA) is 131 Å². The van der Waals surface area contributed by atoms with Crippen LogP contribution in [0.15, 0.2) is 48.5 Å². The number of carbonyl (C=O) groups excluding carboxylic acids is 5. The Bertz CT molecular complexity index is 1140. The van der Waals surface area contributed by atoms with E-state index in [9.17, 15) is 29.1 Å². The molecule has 0 aliphatic carbocycles. The molecule has 1 N–H and O–H groups in total. The number of β-lactam (4-membered cyclic amide) rings is 1. The Morgan fingerprint density at radius 3 is 1.85 bits per heavy atom. The van der Waals surface area contributed by atoms with Crippen molar-refractivity contribution >= 4 is 29.7 Å². The standard InChI is InChI=1S/C24H22N2O8/c1-3-33-23(31)19(24(32)34-4-2)25-17(15-11-7-8-12-16(15)27)18(22(25)30)26-20(28)13-9-5-6-10-14(13)21(26)29/h5-12,17-19,27H,3-4H2,1-2H3/t17-,18+/m1/s1. The highest BCUT2D eigenvalue weighted by molar-refractivity contribution is 6.23. The molecule has 2 heterocycles. The van der Waals surface area contributed by atoms with E-state index in [1.54, 1.807) is 38.1 Å². The van der Waals surface area contributed by atoms with E-state index in [0.29, 0.717) is 0 Å². The fourth-order valence-corrected chi connectivity index (χ4v) is 4.32. The molecular weight excluding hydrogens is 444 g/mol. The number of phenolic OH excluding ortho intramolecular Hbond substituents is 1. The lowest BCUT2D eigenvalue weighted by Gasteiger charge is -2.51. The minimum atomic E-state index is -1.77. The summed E-state index contributed by atoms with van der Waals surface area (Å²) >= 11 is 0. The van der Waals surface area contributed by atoms with Crippen molar-refractivity contribution in [3.63, 3.8) is 0 Å². The molecule has 0 spiro atoms. The van der Waals surface area contributed by atoms with Crippen molar-refractivity contribution in [2.75, 3.05) is 13.2 Å². The van der Waals surface area contributed by atoms with Crippen LogP contribution in [0.2, 0.25) is 0 Å². The molecule has 2 aliphatic rings. The second kappa shape index (κ2) is 8.97. The highest BCUT2D eigenvalue weighted by Crippen LogP contribution is 2.45. The molecule has 0 unspecified atom stereocenters. The summed E-state index contributed by atoms with van der Waals surface area (Å²) in [7, 11) is 0. The Kier molecular flexibility index (Phi) is 6.06. The Hall–Kier alpha value is -4.21. The number of hydrogen-bond donors (Lipinski definition) is 1. The van der Waals surface area contributed by atoms with Crippen LogP contribution < -0.4 is 0 Å². The molecule has 176 valence electrons. The Morgan fingerprint density at radius 2 is 1.35 bits per heavy atom. The van der Waals surface area contributed by atoms with Gasteiger partial charge in [0.1, 0.15) is 11.8 Å². The summed E-state index contributed by atoms with van der Waals surface area (Å²) < 4.78 is 10.0. The lowest BCUT2D eigenvalue weighted by molar-refractivity contribution is -0.181. The number of phenols is 1. The summed E-state index contributed by atoms with van der Waals surface area (Å²) in [5, 5.41) is 10.5. The van der Waals surface area contributed by atoms with Crippen LogP contribution in [-0.4, -0.2) is 69.9 Å². The van der Waals surface area contributed by atoms with Crippen LogP contribution in [0.3, 0.4) is 0 Å². The van der Waals surface area contributed by atoms with Crippen molar-refractivity contribution in [3.05, 3.63) is 65.2 Å². The van der Waals surface area contributed by atoms with Gasteiger partial charge < -0.3 is 19.5 Å². The van der Waals surface area contributed by atoms with Gasteiger partial charge >= 0.3 is 11.9 Å². The first-order valence-electron chi connectivity index (χ1n) is 10.7. The summed E-state index contributed by atoms with van der Waals surface area (Å²) in [6, 6.07) is 7.79. The number of hydrogen-bond acceptors (Lipinski definition) is 8. The van der Waals surface area contributed by atoms with E-state index >= 15 is 0 Å². The van der Waals surface area contributed by atoms with Crippen molar-refractivity contribution in [2.24, 2.45) is 0 Å². The third kappa shape index (κ3) is 3.47. The van der Waals surface area contributed by atoms with Gasteiger partial charge in [-0.3, -0.25) is 19.3 Å². The van der Waals surface area contributed by atoms with E-state index in [-0.39, 0.29) is 35.7 Å². The zero-order chi connectivity index (χ0) is 24.6. The van der Waals surface area contributed by atoms with E-state index in [1.807, 2.05) is 0 Å². The number of benzene rings is 2. The van der Waals surface area contributed by atoms with Crippen LogP contribution in [0, 0.1) is 0 Å². The maximum Gasteiger partial charge on any atom is 0.340 e. The van der Waals surface area contributed by atoms with Gasteiger partial charge in [0.05, 0.1) is 30.4 Å². The third-order valence-corrected chi connectivity index (χ3v) is 5.76. The number of fused-ring (bicyclic) bond motifs is 1. The number of para-hydroxylation sites is 1. The molecule has 0 aromatic heterocycles. The monoisotopic (exact) mass is 466 g/mol. The lowest BCUT2D eigenvalue weighted by Crippen LogP contribution is -2.71. The Morgan fingerprint density at radius 1 is 0.853 bits per heavy atom. The second-order valence-corrected chi connectivity index (χ2v) is 7.63. The molecule has 34 heavy (non-hydrogen) atoms. The minimum absolute atomic E-state index is 0.0557. The van der Waals surface area contributed by atoms with Crippen LogP contribution >= 0.6 is 0 Å². The summed E-state index contributed by atoms with van der Waals surface area (Å²) in [6.07, 6.45) is 0. The molecule has 4 rings (SSSR count). The van der Waals surface area contributed by atoms with Crippen molar-refractivity contribution in [1.82, 2.24) is 9.80 Å². The van der Waals surface area contributed by atoms with E-state index in [1.165, 1.54) is 24.3 Å². The van der Waals surface area contributed by atoms with Crippen LogP contribution in [0.4, 0.5) is 0 Å². The number of nitrogens with zero attached hydrogens (tertiary/aromatic N) is 2. The highest BCUT2D eigenvalue weighted by Gasteiger charge is 2.62. The number of amides is 3. The third-order valence-electron chi connectivity index (χ3n) is 5.76. The van der Waals surface area contributed by atoms with Crippen LogP contribution in [0.5, 0.6) is 5.75 Å². The summed E-state index contributed by atoms with van der Waals surface area (Å²) in [4.78, 5) is 66.7. The largest absolute Gasteiger partial charge is 0.508 e. The molecule has 2 aromatic rings. The zero-order valence-electron chi connectivity index (χ0n) is 18.5. The van der Waals surface area contributed by atoms with Gasteiger partial charge in [-0.05, 0) is 32.0 Å². The van der Waals surface area contributed by atoms with E-state index in [0.717, 1.165) is 9.80 Å². The first-order valence-corrected chi connectivity index (χ1v) is 10.7. The van der Waals surface area contributed by atoms with Gasteiger partial charge in [0.25, 0.3) is 11.8 Å². The number of aromatic hydroxyl groups is 1. The van der Waals surface area contributed by atoms with Gasteiger partial charge in [-0.15, -0.1) is 0 Å². The normalized spacial score (nSPS) is 19.2. The van der Waals surface area contributed by atoms with Gasteiger partial charge in [0.15, 0.2) is 0 Å². The van der Waals surface area contributed by atoms with Crippen LogP contribution in [-0.2, 0) is 23.9 Å². The number of carbonyl (C=O) groups is 5. The SMILES string of the molecule is CCOC(=O)C(C(=O)OCC)N1C(=O)[C@@H](N2C(=O)c3ccccc3C2=O)[C@H]1c1ccccc1O. The molecule has 0 radical (unpaired) electrons. The number of imide groups is 1. The molecule has 2 aliphatic heterocycles. The molecule has 10 nitrogen and oxygen atoms in total. The molecule has 0 bridgehead atoms. The molecule has 10 heteroatoms. The van der Waals surface area contributed by atoms with Crippen molar-refractivity contribution < 1.29 is 38.6 Å². The van der Waals surface area contributed by atoms with Crippen LogP contribution in [0.1, 0.15) is 46.2 Å². The second-order valence-electron chi connectivity index (χ2n) is 7.63. The number of ether oxygens (including phenoxy) is 2. The predicted molar refractivity (Wildman–Crippen MR) is 115 cm³/mol. The summed E-state index contributed by atoms with van der Waals surface area (Å²) in [5.74, 6) is -4.45. The number of rotatable bonds is 7.